The molecule has 2 aliphatic heterocycles. The summed E-state index contributed by atoms with van der Waals surface area (Å²) in [5.41, 5.74) is 3.22. The highest BCUT2D eigenvalue weighted by Crippen LogP contribution is 2.33. The molecule has 0 radical (unpaired) electrons. The summed E-state index contributed by atoms with van der Waals surface area (Å²) in [4.78, 5) is 14.2. The zero-order chi connectivity index (χ0) is 20.6. The first-order valence-electron chi connectivity index (χ1n) is 9.46. The fourth-order valence-electron chi connectivity index (χ4n) is 3.93. The number of benzene rings is 2. The van der Waals surface area contributed by atoms with Gasteiger partial charge in [0.2, 0.25) is 10.0 Å². The van der Waals surface area contributed by atoms with Gasteiger partial charge in [0.25, 0.3) is 0 Å². The van der Waals surface area contributed by atoms with Crippen molar-refractivity contribution in [1.82, 2.24) is 4.31 Å². The molecule has 2 aliphatic rings. The van der Waals surface area contributed by atoms with Crippen LogP contribution in [0.1, 0.15) is 29.5 Å². The van der Waals surface area contributed by atoms with E-state index in [1.54, 1.807) is 17.0 Å². The molecule has 1 fully saturated rings. The molecule has 2 aromatic carbocycles. The van der Waals surface area contributed by atoms with Gasteiger partial charge in [-0.25, -0.2) is 13.2 Å². The largest absolute Gasteiger partial charge is 0.444 e. The molecule has 0 atom stereocenters. The van der Waals surface area contributed by atoms with E-state index in [-0.39, 0.29) is 23.6 Å². The minimum Gasteiger partial charge on any atom is -0.444 e. The van der Waals surface area contributed by atoms with Crippen molar-refractivity contribution >= 4 is 21.8 Å². The molecule has 0 bridgehead atoms. The van der Waals surface area contributed by atoms with Gasteiger partial charge in [0.15, 0.2) is 0 Å². The summed E-state index contributed by atoms with van der Waals surface area (Å²) in [5.74, 6) is 0. The van der Waals surface area contributed by atoms with Crippen LogP contribution in [-0.2, 0) is 21.4 Å². The Hall–Kier alpha value is -2.89. The van der Waals surface area contributed by atoms with Crippen LogP contribution >= 0.6 is 0 Å². The highest BCUT2D eigenvalue weighted by molar-refractivity contribution is 7.89. The number of cyclic esters (lactones) is 1. The normalized spacial score (nSPS) is 18.1. The standard InChI is InChI=1S/C21H21N3O4S/c1-15-5-6-20-17(11-15)14-28-21(25)24(20)18-7-9-23(10-8-18)29(26,27)19-4-2-3-16(12-19)13-22/h2-6,11-12,18H,7-10,14H2,1H3. The molecule has 1 amide bonds. The molecule has 0 saturated carbocycles. The van der Waals surface area contributed by atoms with Crippen LogP contribution in [0.5, 0.6) is 0 Å². The number of nitriles is 1. The highest BCUT2D eigenvalue weighted by Gasteiger charge is 2.37. The average Bonchev–Trinajstić information content (AvgIpc) is 2.74. The summed E-state index contributed by atoms with van der Waals surface area (Å²) in [6.45, 7) is 2.85. The summed E-state index contributed by atoms with van der Waals surface area (Å²) >= 11 is 0. The molecule has 2 aromatic rings. The lowest BCUT2D eigenvalue weighted by Crippen LogP contribution is -2.50. The number of anilines is 1. The van der Waals surface area contributed by atoms with E-state index in [2.05, 4.69) is 0 Å². The Labute approximate surface area is 170 Å². The number of hydrogen-bond acceptors (Lipinski definition) is 5. The number of rotatable bonds is 3. The minimum atomic E-state index is -3.68. The molecule has 1 saturated heterocycles. The number of carbonyl (C=O) groups is 1. The SMILES string of the molecule is Cc1ccc2c(c1)COC(=O)N2C1CCN(S(=O)(=O)c2cccc(C#N)c2)CC1. The van der Waals surface area contributed by atoms with E-state index in [0.717, 1.165) is 16.8 Å². The zero-order valence-electron chi connectivity index (χ0n) is 16.0. The van der Waals surface area contributed by atoms with Crippen molar-refractivity contribution in [2.24, 2.45) is 0 Å². The maximum absolute atomic E-state index is 12.9. The molecule has 2 heterocycles. The van der Waals surface area contributed by atoms with E-state index in [4.69, 9.17) is 10.00 Å². The molecular weight excluding hydrogens is 390 g/mol. The van der Waals surface area contributed by atoms with E-state index >= 15 is 0 Å². The number of carbonyl (C=O) groups excluding carboxylic acids is 1. The van der Waals surface area contributed by atoms with Crippen molar-refractivity contribution in [2.45, 2.75) is 37.3 Å². The van der Waals surface area contributed by atoms with Gasteiger partial charge in [-0.2, -0.15) is 9.57 Å². The predicted octanol–water partition coefficient (Wildman–Crippen LogP) is 3.18. The van der Waals surface area contributed by atoms with Crippen molar-refractivity contribution < 1.29 is 17.9 Å². The molecule has 0 aromatic heterocycles. The summed E-state index contributed by atoms with van der Waals surface area (Å²) in [7, 11) is -3.68. The Morgan fingerprint density at radius 3 is 2.62 bits per heavy atom. The Kier molecular flexibility index (Phi) is 5.03. The third-order valence-corrected chi connectivity index (χ3v) is 7.33. The lowest BCUT2D eigenvalue weighted by atomic mass is 10.0. The third-order valence-electron chi connectivity index (χ3n) is 5.43. The Morgan fingerprint density at radius 2 is 1.90 bits per heavy atom. The van der Waals surface area contributed by atoms with E-state index < -0.39 is 10.0 Å². The van der Waals surface area contributed by atoms with Crippen LogP contribution in [0.15, 0.2) is 47.4 Å². The van der Waals surface area contributed by atoms with E-state index in [0.29, 0.717) is 31.5 Å². The van der Waals surface area contributed by atoms with Crippen LogP contribution in [0.2, 0.25) is 0 Å². The monoisotopic (exact) mass is 411 g/mol. The van der Waals surface area contributed by atoms with Gasteiger partial charge in [-0.1, -0.05) is 23.8 Å². The molecule has 7 nitrogen and oxygen atoms in total. The van der Waals surface area contributed by atoms with Crippen molar-refractivity contribution in [3.05, 3.63) is 59.2 Å². The number of amides is 1. The number of ether oxygens (including phenoxy) is 1. The van der Waals surface area contributed by atoms with Crippen LogP contribution in [0, 0.1) is 18.3 Å². The molecule has 29 heavy (non-hydrogen) atoms. The van der Waals surface area contributed by atoms with Gasteiger partial charge in [0, 0.05) is 24.7 Å². The quantitative estimate of drug-likeness (QED) is 0.774. The number of piperidine rings is 1. The van der Waals surface area contributed by atoms with Gasteiger partial charge < -0.3 is 4.74 Å². The van der Waals surface area contributed by atoms with Gasteiger partial charge in [-0.05, 0) is 44.0 Å². The highest BCUT2D eigenvalue weighted by atomic mass is 32.2. The first-order valence-corrected chi connectivity index (χ1v) is 10.9. The second-order valence-corrected chi connectivity index (χ2v) is 9.27. The van der Waals surface area contributed by atoms with Crippen LogP contribution in [0.3, 0.4) is 0 Å². The van der Waals surface area contributed by atoms with Crippen molar-refractivity contribution in [3.8, 4) is 6.07 Å². The fraction of sp³-hybridized carbons (Fsp3) is 0.333. The smallest absolute Gasteiger partial charge is 0.414 e. The van der Waals surface area contributed by atoms with Gasteiger partial charge in [0.1, 0.15) is 6.61 Å². The van der Waals surface area contributed by atoms with Gasteiger partial charge in [-0.15, -0.1) is 0 Å². The number of aryl methyl sites for hydroxylation is 1. The average molecular weight is 411 g/mol. The van der Waals surface area contributed by atoms with Crippen LogP contribution in [0.4, 0.5) is 10.5 Å². The van der Waals surface area contributed by atoms with Gasteiger partial charge in [-0.3, -0.25) is 4.90 Å². The molecule has 0 unspecified atom stereocenters. The Morgan fingerprint density at radius 1 is 1.14 bits per heavy atom. The summed E-state index contributed by atoms with van der Waals surface area (Å²) in [5, 5.41) is 9.03. The number of hydrogen-bond donors (Lipinski definition) is 0. The first kappa shape index (κ1) is 19.4. The molecular formula is C21H21N3O4S. The van der Waals surface area contributed by atoms with Crippen molar-refractivity contribution in [3.63, 3.8) is 0 Å². The number of fused-ring (bicyclic) bond motifs is 1. The lowest BCUT2D eigenvalue weighted by molar-refractivity contribution is 0.135. The fourth-order valence-corrected chi connectivity index (χ4v) is 5.45. The van der Waals surface area contributed by atoms with Gasteiger partial charge >= 0.3 is 6.09 Å². The summed E-state index contributed by atoms with van der Waals surface area (Å²) in [6, 6.07) is 13.8. The topological polar surface area (TPSA) is 90.7 Å². The van der Waals surface area contributed by atoms with Crippen molar-refractivity contribution in [1.29, 1.82) is 5.26 Å². The molecule has 0 spiro atoms. The summed E-state index contributed by atoms with van der Waals surface area (Å²) in [6.07, 6.45) is 0.642. The zero-order valence-corrected chi connectivity index (χ0v) is 16.9. The molecule has 0 aliphatic carbocycles. The van der Waals surface area contributed by atoms with Crippen LogP contribution < -0.4 is 4.90 Å². The maximum Gasteiger partial charge on any atom is 0.414 e. The van der Waals surface area contributed by atoms with E-state index in [9.17, 15) is 13.2 Å². The molecule has 0 N–H and O–H groups in total. The number of sulfonamides is 1. The second kappa shape index (κ2) is 7.50. The van der Waals surface area contributed by atoms with Crippen LogP contribution in [-0.4, -0.2) is 37.9 Å². The maximum atomic E-state index is 12.9. The Bertz CT molecular complexity index is 1100. The van der Waals surface area contributed by atoms with Crippen molar-refractivity contribution in [2.75, 3.05) is 18.0 Å². The van der Waals surface area contributed by atoms with E-state index in [1.807, 2.05) is 31.2 Å². The Balaban J connectivity index is 1.53. The molecule has 8 heteroatoms. The first-order chi connectivity index (χ1) is 13.9. The van der Waals surface area contributed by atoms with Gasteiger partial charge in [0.05, 0.1) is 22.2 Å². The predicted molar refractivity (Wildman–Crippen MR) is 107 cm³/mol. The van der Waals surface area contributed by atoms with Crippen LogP contribution in [0.25, 0.3) is 0 Å². The molecule has 4 rings (SSSR count). The minimum absolute atomic E-state index is 0.119. The lowest BCUT2D eigenvalue weighted by Gasteiger charge is -2.39. The third kappa shape index (κ3) is 3.59. The molecule has 150 valence electrons. The number of nitrogens with zero attached hydrogens (tertiary/aromatic N) is 3. The second-order valence-electron chi connectivity index (χ2n) is 7.33. The summed E-state index contributed by atoms with van der Waals surface area (Å²) < 4.78 is 32.7. The van der Waals surface area contributed by atoms with E-state index in [1.165, 1.54) is 16.4 Å².